The van der Waals surface area contributed by atoms with Crippen LogP contribution in [0.5, 0.6) is 23.0 Å². The van der Waals surface area contributed by atoms with E-state index in [-0.39, 0.29) is 16.3 Å². The summed E-state index contributed by atoms with van der Waals surface area (Å²) < 4.78 is 25.5. The number of hydrogen-bond donors (Lipinski definition) is 0. The monoisotopic (exact) mass is 413 g/mol. The summed E-state index contributed by atoms with van der Waals surface area (Å²) in [5.74, 6) is 3.63. The molecule has 0 spiro atoms. The number of hydrogen-bond acceptors (Lipinski definition) is 6. The Labute approximate surface area is 165 Å². The van der Waals surface area contributed by atoms with E-state index >= 15 is 0 Å². The second kappa shape index (κ2) is 6.84. The van der Waals surface area contributed by atoms with Crippen molar-refractivity contribution in [3.05, 3.63) is 4.88 Å². The summed E-state index contributed by atoms with van der Waals surface area (Å²) in [5.41, 5.74) is 0.0466. The van der Waals surface area contributed by atoms with E-state index in [0.717, 1.165) is 39.2 Å². The molecule has 0 atom stereocenters. The minimum Gasteiger partial charge on any atom is -0.485 e. The molecule has 2 aliphatic rings. The fourth-order valence-electron chi connectivity index (χ4n) is 3.05. The molecule has 0 N–H and O–H groups in total. The number of rotatable bonds is 4. The molecular weight excluding hydrogens is 388 g/mol. The van der Waals surface area contributed by atoms with E-state index in [1.54, 1.807) is 22.7 Å². The SMILES string of the molecule is CCC(C)(C)c1sc(-c2sc([S+](C)C)c3c2OCCO3)c2c1OCCO2. The van der Waals surface area contributed by atoms with Crippen molar-refractivity contribution in [2.24, 2.45) is 0 Å². The van der Waals surface area contributed by atoms with E-state index in [0.29, 0.717) is 26.4 Å². The van der Waals surface area contributed by atoms with Crippen LogP contribution in [0.3, 0.4) is 0 Å². The zero-order chi connectivity index (χ0) is 18.5. The van der Waals surface area contributed by atoms with Gasteiger partial charge in [0.05, 0.1) is 14.6 Å². The largest absolute Gasteiger partial charge is 0.485 e. The van der Waals surface area contributed by atoms with Crippen LogP contribution in [0.15, 0.2) is 4.21 Å². The minimum atomic E-state index is 0.0466. The molecule has 0 radical (unpaired) electrons. The topological polar surface area (TPSA) is 36.9 Å². The zero-order valence-corrected chi connectivity index (χ0v) is 18.3. The van der Waals surface area contributed by atoms with E-state index < -0.39 is 0 Å². The van der Waals surface area contributed by atoms with Crippen molar-refractivity contribution in [3.8, 4) is 32.8 Å². The van der Waals surface area contributed by atoms with E-state index in [9.17, 15) is 0 Å². The Kier molecular flexibility index (Phi) is 4.82. The summed E-state index contributed by atoms with van der Waals surface area (Å²) in [7, 11) is 0.111. The number of thiophene rings is 2. The maximum Gasteiger partial charge on any atom is 0.255 e. The molecule has 4 heterocycles. The van der Waals surface area contributed by atoms with E-state index in [1.807, 2.05) is 0 Å². The van der Waals surface area contributed by atoms with Crippen LogP contribution in [-0.4, -0.2) is 38.9 Å². The lowest BCUT2D eigenvalue weighted by Gasteiger charge is -2.24. The molecule has 0 aliphatic carbocycles. The molecule has 0 fully saturated rings. The summed E-state index contributed by atoms with van der Waals surface area (Å²) in [5, 5.41) is 0. The van der Waals surface area contributed by atoms with Crippen molar-refractivity contribution in [1.29, 1.82) is 0 Å². The van der Waals surface area contributed by atoms with Crippen molar-refractivity contribution in [2.45, 2.75) is 36.8 Å². The molecule has 0 amide bonds. The Morgan fingerprint density at radius 3 is 1.88 bits per heavy atom. The Morgan fingerprint density at radius 1 is 0.808 bits per heavy atom. The van der Waals surface area contributed by atoms with Crippen LogP contribution in [0.2, 0.25) is 0 Å². The van der Waals surface area contributed by atoms with Gasteiger partial charge in [-0.25, -0.2) is 0 Å². The molecular formula is C19H25O4S3+. The van der Waals surface area contributed by atoms with Crippen LogP contribution in [0.25, 0.3) is 9.75 Å². The molecule has 0 unspecified atom stereocenters. The molecule has 2 aromatic rings. The molecule has 0 bridgehead atoms. The van der Waals surface area contributed by atoms with Crippen LogP contribution in [0.4, 0.5) is 0 Å². The predicted molar refractivity (Wildman–Crippen MR) is 110 cm³/mol. The van der Waals surface area contributed by atoms with Crippen molar-refractivity contribution in [3.63, 3.8) is 0 Å². The van der Waals surface area contributed by atoms with E-state index in [4.69, 9.17) is 18.9 Å². The molecule has 4 nitrogen and oxygen atoms in total. The molecule has 0 saturated carbocycles. The average molecular weight is 414 g/mol. The van der Waals surface area contributed by atoms with Gasteiger partial charge in [0.25, 0.3) is 4.21 Å². The van der Waals surface area contributed by atoms with Gasteiger partial charge in [-0.15, -0.1) is 11.3 Å². The molecule has 0 aromatic carbocycles. The highest BCUT2D eigenvalue weighted by Crippen LogP contribution is 2.60. The average Bonchev–Trinajstić information content (AvgIpc) is 3.21. The predicted octanol–water partition coefficient (Wildman–Crippen LogP) is 4.94. The zero-order valence-electron chi connectivity index (χ0n) is 15.9. The Bertz CT molecular complexity index is 819. The van der Waals surface area contributed by atoms with Crippen LogP contribution < -0.4 is 18.9 Å². The summed E-state index contributed by atoms with van der Waals surface area (Å²) in [4.78, 5) is 3.51. The summed E-state index contributed by atoms with van der Waals surface area (Å²) in [6, 6.07) is 0. The third kappa shape index (κ3) is 2.88. The first-order valence-electron chi connectivity index (χ1n) is 8.87. The minimum absolute atomic E-state index is 0.0466. The molecule has 0 saturated heterocycles. The van der Waals surface area contributed by atoms with Gasteiger partial charge in [0.15, 0.2) is 17.2 Å². The van der Waals surface area contributed by atoms with Crippen LogP contribution in [0.1, 0.15) is 32.1 Å². The Morgan fingerprint density at radius 2 is 1.31 bits per heavy atom. The summed E-state index contributed by atoms with van der Waals surface area (Å²) >= 11 is 3.56. The van der Waals surface area contributed by atoms with Gasteiger partial charge in [0.1, 0.15) is 38.9 Å². The third-order valence-corrected chi connectivity index (χ3v) is 9.65. The Balaban J connectivity index is 1.92. The number of fused-ring (bicyclic) bond motifs is 2. The van der Waals surface area contributed by atoms with Gasteiger partial charge in [-0.2, -0.15) is 0 Å². The number of ether oxygens (including phenoxy) is 4. The highest BCUT2D eigenvalue weighted by Gasteiger charge is 2.38. The van der Waals surface area contributed by atoms with Gasteiger partial charge < -0.3 is 18.9 Å². The van der Waals surface area contributed by atoms with Crippen molar-refractivity contribution < 1.29 is 18.9 Å². The molecule has 7 heteroatoms. The Hall–Kier alpha value is -1.05. The lowest BCUT2D eigenvalue weighted by atomic mass is 9.88. The maximum atomic E-state index is 6.09. The van der Waals surface area contributed by atoms with E-state index in [1.165, 1.54) is 9.09 Å². The normalized spacial score (nSPS) is 16.2. The molecule has 4 rings (SSSR count). The molecule has 2 aliphatic heterocycles. The first kappa shape index (κ1) is 18.3. The second-order valence-corrected chi connectivity index (χ2v) is 11.6. The molecule has 2 aromatic heterocycles. The molecule has 142 valence electrons. The lowest BCUT2D eigenvalue weighted by molar-refractivity contribution is 0.168. The smallest absolute Gasteiger partial charge is 0.255 e. The van der Waals surface area contributed by atoms with Gasteiger partial charge in [0, 0.05) is 16.3 Å². The van der Waals surface area contributed by atoms with Crippen molar-refractivity contribution in [2.75, 3.05) is 38.9 Å². The maximum absolute atomic E-state index is 6.09. The first-order chi connectivity index (χ1) is 12.4. The second-order valence-electron chi connectivity index (χ2n) is 7.24. The van der Waals surface area contributed by atoms with Gasteiger partial charge in [-0.1, -0.05) is 32.1 Å². The van der Waals surface area contributed by atoms with Crippen LogP contribution >= 0.6 is 22.7 Å². The highest BCUT2D eigenvalue weighted by molar-refractivity contribution is 7.97. The van der Waals surface area contributed by atoms with Crippen LogP contribution in [0, 0.1) is 0 Å². The van der Waals surface area contributed by atoms with Crippen molar-refractivity contribution >= 4 is 33.6 Å². The first-order valence-corrected chi connectivity index (χ1v) is 12.5. The fourth-order valence-corrected chi connectivity index (χ4v) is 6.90. The van der Waals surface area contributed by atoms with Crippen molar-refractivity contribution in [1.82, 2.24) is 0 Å². The fraction of sp³-hybridized carbons (Fsp3) is 0.579. The summed E-state index contributed by atoms with van der Waals surface area (Å²) in [6.07, 6.45) is 5.50. The summed E-state index contributed by atoms with van der Waals surface area (Å²) in [6.45, 7) is 9.16. The molecule has 26 heavy (non-hydrogen) atoms. The standard InChI is InChI=1S/C19H25O4S3/c1-6-19(2,3)17-13-11(20-7-9-22-13)15(24-17)16-12-14(23-10-8-21-12)18(25-16)26(4)5/h6-10H2,1-5H3/q+1. The van der Waals surface area contributed by atoms with Gasteiger partial charge >= 0.3 is 0 Å². The van der Waals surface area contributed by atoms with Gasteiger partial charge in [-0.3, -0.25) is 0 Å². The van der Waals surface area contributed by atoms with Crippen LogP contribution in [-0.2, 0) is 16.3 Å². The van der Waals surface area contributed by atoms with Gasteiger partial charge in [-0.05, 0) is 6.42 Å². The van der Waals surface area contributed by atoms with E-state index in [2.05, 4.69) is 33.3 Å². The quantitative estimate of drug-likeness (QED) is 0.665. The van der Waals surface area contributed by atoms with Gasteiger partial charge in [0.2, 0.25) is 5.75 Å². The highest BCUT2D eigenvalue weighted by atomic mass is 32.2. The third-order valence-electron chi connectivity index (χ3n) is 4.84. The lowest BCUT2D eigenvalue weighted by Crippen LogP contribution is -2.19.